The van der Waals surface area contributed by atoms with Gasteiger partial charge in [0, 0.05) is 30.8 Å². The van der Waals surface area contributed by atoms with Crippen molar-refractivity contribution in [2.24, 2.45) is 5.92 Å². The normalized spacial score (nSPS) is 17.1. The van der Waals surface area contributed by atoms with Crippen molar-refractivity contribution in [3.63, 3.8) is 0 Å². The number of hydrogen-bond donors (Lipinski definition) is 1. The Labute approximate surface area is 120 Å². The fourth-order valence-corrected chi connectivity index (χ4v) is 2.72. The highest BCUT2D eigenvalue weighted by Crippen LogP contribution is 2.19. The van der Waals surface area contributed by atoms with Crippen LogP contribution in [0.5, 0.6) is 0 Å². The summed E-state index contributed by atoms with van der Waals surface area (Å²) in [4.78, 5) is 2.28. The maximum absolute atomic E-state index is 13.8. The van der Waals surface area contributed by atoms with Crippen LogP contribution in [0.2, 0.25) is 0 Å². The van der Waals surface area contributed by atoms with Gasteiger partial charge in [-0.2, -0.15) is 0 Å². The van der Waals surface area contributed by atoms with Gasteiger partial charge in [-0.1, -0.05) is 6.07 Å². The van der Waals surface area contributed by atoms with Gasteiger partial charge in [0.05, 0.1) is 0 Å². The minimum absolute atomic E-state index is 0.356. The molecule has 1 aliphatic heterocycles. The number of rotatable bonds is 5. The summed E-state index contributed by atoms with van der Waals surface area (Å²) in [5.74, 6) is -0.288. The molecule has 1 N–H and O–H groups in total. The van der Waals surface area contributed by atoms with Gasteiger partial charge in [-0.3, -0.25) is 4.90 Å². The van der Waals surface area contributed by atoms with Crippen molar-refractivity contribution in [2.75, 3.05) is 19.6 Å². The zero-order chi connectivity index (χ0) is 14.5. The number of nitrogens with zero attached hydrogens (tertiary/aromatic N) is 1. The van der Waals surface area contributed by atoms with Crippen LogP contribution in [0.3, 0.4) is 0 Å². The summed E-state index contributed by atoms with van der Waals surface area (Å²) in [6.07, 6.45) is 2.35. The van der Waals surface area contributed by atoms with Gasteiger partial charge in [0.1, 0.15) is 11.6 Å². The summed E-state index contributed by atoms with van der Waals surface area (Å²) in [6, 6.07) is 4.22. The van der Waals surface area contributed by atoms with Gasteiger partial charge in [-0.15, -0.1) is 0 Å². The lowest BCUT2D eigenvalue weighted by atomic mass is 9.96. The predicted octanol–water partition coefficient (Wildman–Crippen LogP) is 3.17. The van der Waals surface area contributed by atoms with E-state index >= 15 is 0 Å². The molecule has 1 heterocycles. The van der Waals surface area contributed by atoms with E-state index in [0.29, 0.717) is 24.1 Å². The van der Waals surface area contributed by atoms with Crippen LogP contribution >= 0.6 is 0 Å². The second kappa shape index (κ2) is 7.14. The molecule has 1 fully saturated rings. The Morgan fingerprint density at radius 3 is 2.55 bits per heavy atom. The Bertz CT molecular complexity index is 428. The standard InChI is InChI=1S/C16H24F2N2/c1-12(2)20(10-13-5-7-19-8-6-13)11-14-3-4-15(17)9-16(14)18/h3-4,9,12-13,19H,5-8,10-11H2,1-2H3. The molecule has 4 heteroatoms. The summed E-state index contributed by atoms with van der Waals surface area (Å²) in [7, 11) is 0. The minimum Gasteiger partial charge on any atom is -0.317 e. The van der Waals surface area contributed by atoms with E-state index in [9.17, 15) is 8.78 Å². The predicted molar refractivity (Wildman–Crippen MR) is 77.5 cm³/mol. The number of benzene rings is 1. The van der Waals surface area contributed by atoms with Gasteiger partial charge in [-0.25, -0.2) is 8.78 Å². The molecule has 1 saturated heterocycles. The summed E-state index contributed by atoms with van der Waals surface area (Å²) in [5.41, 5.74) is 0.578. The third-order valence-corrected chi connectivity index (χ3v) is 4.07. The van der Waals surface area contributed by atoms with E-state index < -0.39 is 11.6 Å². The SMILES string of the molecule is CC(C)N(Cc1ccc(F)cc1F)CC1CCNCC1. The molecule has 20 heavy (non-hydrogen) atoms. The number of hydrogen-bond acceptors (Lipinski definition) is 2. The maximum atomic E-state index is 13.8. The van der Waals surface area contributed by atoms with Gasteiger partial charge in [0.2, 0.25) is 0 Å². The van der Waals surface area contributed by atoms with E-state index in [2.05, 4.69) is 24.1 Å². The van der Waals surface area contributed by atoms with E-state index in [4.69, 9.17) is 0 Å². The molecule has 1 aliphatic rings. The molecule has 112 valence electrons. The highest BCUT2D eigenvalue weighted by Gasteiger charge is 2.20. The van der Waals surface area contributed by atoms with Gasteiger partial charge in [0.15, 0.2) is 0 Å². The van der Waals surface area contributed by atoms with Crippen LogP contribution in [-0.4, -0.2) is 30.6 Å². The van der Waals surface area contributed by atoms with E-state index in [1.165, 1.54) is 18.9 Å². The van der Waals surface area contributed by atoms with Crippen LogP contribution in [-0.2, 0) is 6.54 Å². The molecule has 0 radical (unpaired) electrons. The molecule has 2 rings (SSSR count). The van der Waals surface area contributed by atoms with Gasteiger partial charge in [0.25, 0.3) is 0 Å². The summed E-state index contributed by atoms with van der Waals surface area (Å²) in [6.45, 7) is 7.93. The van der Waals surface area contributed by atoms with Crippen LogP contribution < -0.4 is 5.32 Å². The summed E-state index contributed by atoms with van der Waals surface area (Å²) < 4.78 is 26.7. The first-order valence-electron chi connectivity index (χ1n) is 7.45. The monoisotopic (exact) mass is 282 g/mol. The average molecular weight is 282 g/mol. The smallest absolute Gasteiger partial charge is 0.130 e. The zero-order valence-corrected chi connectivity index (χ0v) is 12.3. The fourth-order valence-electron chi connectivity index (χ4n) is 2.72. The Morgan fingerprint density at radius 2 is 1.95 bits per heavy atom. The van der Waals surface area contributed by atoms with Crippen LogP contribution in [0, 0.1) is 17.6 Å². The highest BCUT2D eigenvalue weighted by molar-refractivity contribution is 5.18. The Balaban J connectivity index is 2.01. The van der Waals surface area contributed by atoms with Crippen molar-refractivity contribution in [3.8, 4) is 0 Å². The lowest BCUT2D eigenvalue weighted by Crippen LogP contribution is -2.39. The van der Waals surface area contributed by atoms with E-state index in [1.54, 1.807) is 6.07 Å². The Morgan fingerprint density at radius 1 is 1.25 bits per heavy atom. The van der Waals surface area contributed by atoms with Gasteiger partial charge < -0.3 is 5.32 Å². The molecular weight excluding hydrogens is 258 g/mol. The first kappa shape index (κ1) is 15.4. The second-order valence-electron chi connectivity index (χ2n) is 5.95. The lowest BCUT2D eigenvalue weighted by molar-refractivity contribution is 0.160. The number of piperidine rings is 1. The lowest BCUT2D eigenvalue weighted by Gasteiger charge is -2.32. The van der Waals surface area contributed by atoms with E-state index in [-0.39, 0.29) is 0 Å². The summed E-state index contributed by atoms with van der Waals surface area (Å²) in [5, 5.41) is 3.36. The van der Waals surface area contributed by atoms with Crippen molar-refractivity contribution in [3.05, 3.63) is 35.4 Å². The van der Waals surface area contributed by atoms with Crippen LogP contribution in [0.4, 0.5) is 8.78 Å². The zero-order valence-electron chi connectivity index (χ0n) is 12.3. The second-order valence-corrected chi connectivity index (χ2v) is 5.95. The molecule has 0 atom stereocenters. The molecule has 1 aromatic rings. The third-order valence-electron chi connectivity index (χ3n) is 4.07. The topological polar surface area (TPSA) is 15.3 Å². The molecule has 0 aliphatic carbocycles. The molecule has 2 nitrogen and oxygen atoms in total. The van der Waals surface area contributed by atoms with Crippen molar-refractivity contribution < 1.29 is 8.78 Å². The average Bonchev–Trinajstić information content (AvgIpc) is 2.42. The Hall–Kier alpha value is -1.00. The molecule has 0 amide bonds. The minimum atomic E-state index is -0.513. The van der Waals surface area contributed by atoms with E-state index in [1.807, 2.05) is 0 Å². The largest absolute Gasteiger partial charge is 0.317 e. The van der Waals surface area contributed by atoms with Crippen LogP contribution in [0.1, 0.15) is 32.3 Å². The molecule has 1 aromatic carbocycles. The van der Waals surface area contributed by atoms with Crippen molar-refractivity contribution in [1.82, 2.24) is 10.2 Å². The molecule has 0 bridgehead atoms. The third kappa shape index (κ3) is 4.25. The Kier molecular flexibility index (Phi) is 5.49. The molecule has 0 spiro atoms. The van der Waals surface area contributed by atoms with Crippen molar-refractivity contribution >= 4 is 0 Å². The van der Waals surface area contributed by atoms with Crippen molar-refractivity contribution in [2.45, 2.75) is 39.3 Å². The van der Waals surface area contributed by atoms with Crippen LogP contribution in [0.25, 0.3) is 0 Å². The molecule has 0 unspecified atom stereocenters. The van der Waals surface area contributed by atoms with Crippen LogP contribution in [0.15, 0.2) is 18.2 Å². The molecule has 0 saturated carbocycles. The van der Waals surface area contributed by atoms with Crippen molar-refractivity contribution in [1.29, 1.82) is 0 Å². The van der Waals surface area contributed by atoms with E-state index in [0.717, 1.165) is 25.7 Å². The number of nitrogens with one attached hydrogen (secondary N) is 1. The van der Waals surface area contributed by atoms with Gasteiger partial charge >= 0.3 is 0 Å². The molecule has 0 aromatic heterocycles. The number of halogens is 2. The van der Waals surface area contributed by atoms with Gasteiger partial charge in [-0.05, 0) is 51.8 Å². The summed E-state index contributed by atoms with van der Waals surface area (Å²) >= 11 is 0. The fraction of sp³-hybridized carbons (Fsp3) is 0.625. The first-order valence-corrected chi connectivity index (χ1v) is 7.45. The maximum Gasteiger partial charge on any atom is 0.130 e. The molecular formula is C16H24F2N2. The highest BCUT2D eigenvalue weighted by atomic mass is 19.1. The quantitative estimate of drug-likeness (QED) is 0.892. The first-order chi connectivity index (χ1) is 9.56.